The average Bonchev–Trinajstić information content (AvgIpc) is 2.95. The Morgan fingerprint density at radius 2 is 1.71 bits per heavy atom. The van der Waals surface area contributed by atoms with E-state index in [0.717, 1.165) is 16.3 Å². The van der Waals surface area contributed by atoms with E-state index in [1.54, 1.807) is 30.3 Å². The number of carboxylic acids is 1. The van der Waals surface area contributed by atoms with E-state index >= 15 is 0 Å². The molecule has 0 bridgehead atoms. The lowest BCUT2D eigenvalue weighted by Gasteiger charge is -2.20. The van der Waals surface area contributed by atoms with E-state index < -0.39 is 5.97 Å². The Hall–Kier alpha value is -5.21. The van der Waals surface area contributed by atoms with Gasteiger partial charge >= 0.3 is 5.97 Å². The van der Waals surface area contributed by atoms with Crippen molar-refractivity contribution in [1.82, 2.24) is 5.32 Å². The third-order valence-corrected chi connectivity index (χ3v) is 7.32. The van der Waals surface area contributed by atoms with E-state index in [9.17, 15) is 19.8 Å². The van der Waals surface area contributed by atoms with Gasteiger partial charge < -0.3 is 25.3 Å². The number of fused-ring (bicyclic) bond motifs is 3. The topological polar surface area (TPSA) is 112 Å². The summed E-state index contributed by atoms with van der Waals surface area (Å²) in [6.07, 6.45) is 0. The van der Waals surface area contributed by atoms with Crippen molar-refractivity contribution in [3.63, 3.8) is 0 Å². The second-order valence-corrected chi connectivity index (χ2v) is 10.2. The van der Waals surface area contributed by atoms with Crippen molar-refractivity contribution in [2.75, 3.05) is 5.32 Å². The molecule has 2 aliphatic rings. The van der Waals surface area contributed by atoms with Crippen molar-refractivity contribution < 1.29 is 19.4 Å². The summed E-state index contributed by atoms with van der Waals surface area (Å²) >= 11 is 5.58. The van der Waals surface area contributed by atoms with Crippen LogP contribution in [0.15, 0.2) is 106 Å². The highest BCUT2D eigenvalue weighted by Gasteiger charge is 2.21. The number of phenols is 1. The predicted octanol–water partition coefficient (Wildman–Crippen LogP) is 7.17. The molecule has 0 spiro atoms. The lowest BCUT2D eigenvalue weighted by molar-refractivity contribution is 0.0698. The summed E-state index contributed by atoms with van der Waals surface area (Å²) in [4.78, 5) is 24.4. The van der Waals surface area contributed by atoms with Crippen molar-refractivity contribution >= 4 is 50.7 Å². The quantitative estimate of drug-likeness (QED) is 0.130. The molecule has 4 aromatic carbocycles. The van der Waals surface area contributed by atoms with Crippen LogP contribution in [0.2, 0.25) is 0 Å². The van der Waals surface area contributed by atoms with Gasteiger partial charge in [-0.15, -0.1) is 0 Å². The molecule has 0 fully saturated rings. The molecule has 4 aromatic rings. The fourth-order valence-electron chi connectivity index (χ4n) is 5.22. The third-order valence-electron chi connectivity index (χ3n) is 7.10. The average molecular weight is 561 g/mol. The Balaban J connectivity index is 1.36. The zero-order chi connectivity index (χ0) is 28.7. The Bertz CT molecular complexity index is 2010. The molecule has 6 rings (SSSR count). The number of hydrogen-bond donors (Lipinski definition) is 4. The number of aromatic carboxylic acids is 1. The van der Waals surface area contributed by atoms with Gasteiger partial charge in [-0.1, -0.05) is 48.5 Å². The van der Waals surface area contributed by atoms with Gasteiger partial charge in [-0.3, -0.25) is 4.79 Å². The molecule has 41 heavy (non-hydrogen) atoms. The second-order valence-electron chi connectivity index (χ2n) is 9.77. The first-order valence-corrected chi connectivity index (χ1v) is 13.3. The van der Waals surface area contributed by atoms with Gasteiger partial charge in [-0.25, -0.2) is 4.79 Å². The molecule has 0 radical (unpaired) electrons. The molecular weight excluding hydrogens is 536 g/mol. The minimum Gasteiger partial charge on any atom is -0.508 e. The second kappa shape index (κ2) is 10.4. The fourth-order valence-corrected chi connectivity index (χ4v) is 5.50. The number of anilines is 1. The zero-order valence-electron chi connectivity index (χ0n) is 21.8. The Morgan fingerprint density at radius 3 is 2.54 bits per heavy atom. The molecule has 8 heteroatoms. The summed E-state index contributed by atoms with van der Waals surface area (Å²) in [5.74, 6) is -0.792. The van der Waals surface area contributed by atoms with E-state index in [4.69, 9.17) is 16.6 Å². The smallest absolute Gasteiger partial charge is 0.337 e. The number of rotatable bonds is 5. The molecular formula is C33H24N2O5S. The molecule has 0 unspecified atom stereocenters. The van der Waals surface area contributed by atoms with Crippen molar-refractivity contribution in [2.24, 2.45) is 0 Å². The van der Waals surface area contributed by atoms with Crippen LogP contribution in [-0.2, 0) is 0 Å². The SMILES string of the molecule is C[C@@H](NC(=S)Nc1ccc(-c2c3ccc(=O)cc-3oc3cc(O)ccc23)cc1C(=O)O)c1cccc2ccccc12. The van der Waals surface area contributed by atoms with Gasteiger partial charge in [-0.05, 0) is 77.4 Å². The van der Waals surface area contributed by atoms with Gasteiger partial charge in [-0.2, -0.15) is 0 Å². The van der Waals surface area contributed by atoms with Crippen molar-refractivity contribution in [1.29, 1.82) is 0 Å². The van der Waals surface area contributed by atoms with Gasteiger partial charge in [0.05, 0.1) is 17.3 Å². The van der Waals surface area contributed by atoms with Crippen LogP contribution < -0.4 is 16.1 Å². The van der Waals surface area contributed by atoms with Gasteiger partial charge in [0.25, 0.3) is 0 Å². The monoisotopic (exact) mass is 560 g/mol. The largest absolute Gasteiger partial charge is 0.508 e. The Kier molecular flexibility index (Phi) is 6.61. The summed E-state index contributed by atoms with van der Waals surface area (Å²) in [6.45, 7) is 2.00. The summed E-state index contributed by atoms with van der Waals surface area (Å²) in [5.41, 5.74) is 3.48. The number of carbonyl (C=O) groups is 1. The third kappa shape index (κ3) is 4.97. The van der Waals surface area contributed by atoms with E-state index in [2.05, 4.69) is 28.8 Å². The van der Waals surface area contributed by atoms with Crippen molar-refractivity contribution in [3.05, 3.63) is 118 Å². The first-order valence-electron chi connectivity index (χ1n) is 12.9. The zero-order valence-corrected chi connectivity index (χ0v) is 22.7. The van der Waals surface area contributed by atoms with E-state index in [1.807, 2.05) is 31.2 Å². The molecule has 1 aliphatic carbocycles. The number of aromatic hydroxyl groups is 1. The van der Waals surface area contributed by atoms with Gasteiger partial charge in [0.15, 0.2) is 10.5 Å². The lowest BCUT2D eigenvalue weighted by Crippen LogP contribution is -2.31. The summed E-state index contributed by atoms with van der Waals surface area (Å²) in [7, 11) is 0. The first kappa shape index (κ1) is 26.0. The maximum atomic E-state index is 12.4. The van der Waals surface area contributed by atoms with Crippen LogP contribution in [0.1, 0.15) is 28.9 Å². The standard InChI is InChI=1S/C33H24N2O5S/c1-18(23-8-4-6-19-5-2-3-7-24(19)23)34-33(41)35-28-14-9-20(15-27(28)32(38)39)31-25-12-10-21(36)16-29(25)40-30-17-22(37)11-13-26(30)31/h2-18,36H,1H3,(H,38,39)(H2,34,35,41)/t18-/m1/s1. The minimum atomic E-state index is -1.13. The highest BCUT2D eigenvalue weighted by Crippen LogP contribution is 2.41. The highest BCUT2D eigenvalue weighted by molar-refractivity contribution is 7.80. The number of thiocarbonyl (C=S) groups is 1. The van der Waals surface area contributed by atoms with Crippen LogP contribution in [-0.4, -0.2) is 21.3 Å². The molecule has 0 saturated carbocycles. The van der Waals surface area contributed by atoms with Crippen molar-refractivity contribution in [2.45, 2.75) is 13.0 Å². The van der Waals surface area contributed by atoms with Crippen molar-refractivity contribution in [3.8, 4) is 28.2 Å². The normalized spacial score (nSPS) is 11.9. The number of hydrogen-bond acceptors (Lipinski definition) is 5. The molecule has 0 saturated heterocycles. The molecule has 1 aliphatic heterocycles. The van der Waals surface area contributed by atoms with Gasteiger partial charge in [0.2, 0.25) is 0 Å². The van der Waals surface area contributed by atoms with E-state index in [1.165, 1.54) is 24.3 Å². The van der Waals surface area contributed by atoms with Crippen LogP contribution in [0.25, 0.3) is 44.2 Å². The molecule has 0 amide bonds. The molecule has 0 aromatic heterocycles. The number of carboxylic acid groups (broad SMARTS) is 1. The molecule has 202 valence electrons. The minimum absolute atomic E-state index is 0.00865. The Morgan fingerprint density at radius 1 is 0.902 bits per heavy atom. The summed E-state index contributed by atoms with van der Waals surface area (Å²) < 4.78 is 5.91. The van der Waals surface area contributed by atoms with Gasteiger partial charge in [0.1, 0.15) is 17.1 Å². The Labute approximate surface area is 240 Å². The predicted molar refractivity (Wildman–Crippen MR) is 165 cm³/mol. The lowest BCUT2D eigenvalue weighted by atomic mass is 9.92. The summed E-state index contributed by atoms with van der Waals surface area (Å²) in [5, 5.41) is 29.7. The highest BCUT2D eigenvalue weighted by atomic mass is 32.1. The van der Waals surface area contributed by atoms with Gasteiger partial charge in [0, 0.05) is 28.6 Å². The maximum absolute atomic E-state index is 12.4. The summed E-state index contributed by atoms with van der Waals surface area (Å²) in [6, 6.07) is 28.2. The van der Waals surface area contributed by atoms with E-state index in [0.29, 0.717) is 39.1 Å². The molecule has 7 nitrogen and oxygen atoms in total. The van der Waals surface area contributed by atoms with Crippen LogP contribution in [0.5, 0.6) is 5.75 Å². The molecule has 4 N–H and O–H groups in total. The maximum Gasteiger partial charge on any atom is 0.337 e. The first-order chi connectivity index (χ1) is 19.8. The number of benzene rings is 5. The van der Waals surface area contributed by atoms with Crippen LogP contribution in [0.4, 0.5) is 5.69 Å². The number of phenolic OH excluding ortho intramolecular Hbond substituents is 1. The van der Waals surface area contributed by atoms with E-state index in [-0.39, 0.29) is 27.9 Å². The molecule has 1 heterocycles. The number of nitrogens with one attached hydrogen (secondary N) is 2. The van der Waals surface area contributed by atoms with Crippen LogP contribution in [0.3, 0.4) is 0 Å². The van der Waals surface area contributed by atoms with Crippen LogP contribution >= 0.6 is 12.2 Å². The molecule has 1 atom stereocenters. The fraction of sp³-hybridized carbons (Fsp3) is 0.0606. The van der Waals surface area contributed by atoms with Crippen LogP contribution in [0, 0.1) is 0 Å².